The van der Waals surface area contributed by atoms with Gasteiger partial charge in [-0.1, -0.05) is 18.2 Å². The van der Waals surface area contributed by atoms with E-state index in [9.17, 15) is 0 Å². The Morgan fingerprint density at radius 3 is 2.60 bits per heavy atom. The molecule has 20 heavy (non-hydrogen) atoms. The van der Waals surface area contributed by atoms with Gasteiger partial charge in [-0.25, -0.2) is 0 Å². The van der Waals surface area contributed by atoms with Gasteiger partial charge in [0.15, 0.2) is 0 Å². The summed E-state index contributed by atoms with van der Waals surface area (Å²) in [6.45, 7) is 3.03. The molecule has 3 rings (SSSR count). The van der Waals surface area contributed by atoms with Gasteiger partial charge in [-0.05, 0) is 55.6 Å². The van der Waals surface area contributed by atoms with E-state index in [4.69, 9.17) is 4.74 Å². The van der Waals surface area contributed by atoms with Crippen LogP contribution >= 0.6 is 0 Å². The second-order valence-electron chi connectivity index (χ2n) is 5.24. The minimum Gasteiger partial charge on any atom is -0.493 e. The molecule has 0 amide bonds. The molecule has 1 aromatic carbocycles. The van der Waals surface area contributed by atoms with Crippen molar-refractivity contribution in [1.29, 1.82) is 0 Å². The number of rotatable bonds is 4. The zero-order valence-electron chi connectivity index (χ0n) is 11.6. The third kappa shape index (κ3) is 3.17. The van der Waals surface area contributed by atoms with Crippen LogP contribution in [0.4, 0.5) is 0 Å². The molecular weight excluding hydrogens is 248 g/mol. The zero-order chi connectivity index (χ0) is 13.6. The number of pyridine rings is 1. The van der Waals surface area contributed by atoms with E-state index in [1.807, 2.05) is 36.7 Å². The van der Waals surface area contributed by atoms with Crippen LogP contribution in [0.3, 0.4) is 0 Å². The molecule has 3 heteroatoms. The molecule has 2 heterocycles. The van der Waals surface area contributed by atoms with Crippen LogP contribution in [0.25, 0.3) is 11.1 Å². The van der Waals surface area contributed by atoms with Gasteiger partial charge in [-0.2, -0.15) is 0 Å². The van der Waals surface area contributed by atoms with Crippen LogP contribution in [0, 0.1) is 5.92 Å². The highest BCUT2D eigenvalue weighted by atomic mass is 16.5. The first-order valence-electron chi connectivity index (χ1n) is 7.26. The van der Waals surface area contributed by atoms with Crippen LogP contribution in [0.1, 0.15) is 12.8 Å². The summed E-state index contributed by atoms with van der Waals surface area (Å²) in [4.78, 5) is 4.07. The van der Waals surface area contributed by atoms with E-state index in [1.165, 1.54) is 12.8 Å². The van der Waals surface area contributed by atoms with Crippen molar-refractivity contribution in [1.82, 2.24) is 10.3 Å². The first kappa shape index (κ1) is 13.1. The van der Waals surface area contributed by atoms with Gasteiger partial charge in [0.2, 0.25) is 0 Å². The van der Waals surface area contributed by atoms with Crippen LogP contribution < -0.4 is 10.1 Å². The quantitative estimate of drug-likeness (QED) is 0.925. The van der Waals surface area contributed by atoms with Crippen LogP contribution in [0.5, 0.6) is 5.75 Å². The van der Waals surface area contributed by atoms with Crippen molar-refractivity contribution < 1.29 is 4.74 Å². The normalized spacial score (nSPS) is 16.0. The number of para-hydroxylation sites is 1. The van der Waals surface area contributed by atoms with Crippen molar-refractivity contribution >= 4 is 0 Å². The van der Waals surface area contributed by atoms with E-state index < -0.39 is 0 Å². The maximum atomic E-state index is 6.08. The molecule has 1 aromatic heterocycles. The molecule has 3 nitrogen and oxygen atoms in total. The number of nitrogens with zero attached hydrogens (tertiary/aromatic N) is 1. The molecule has 1 aliphatic rings. The van der Waals surface area contributed by atoms with Crippen molar-refractivity contribution in [3.05, 3.63) is 48.8 Å². The topological polar surface area (TPSA) is 34.1 Å². The average molecular weight is 268 g/mol. The van der Waals surface area contributed by atoms with Crippen LogP contribution in [0.15, 0.2) is 48.8 Å². The lowest BCUT2D eigenvalue weighted by Crippen LogP contribution is -2.30. The van der Waals surface area contributed by atoms with Gasteiger partial charge < -0.3 is 10.1 Å². The minimum absolute atomic E-state index is 0.668. The highest BCUT2D eigenvalue weighted by molar-refractivity contribution is 5.69. The maximum absolute atomic E-state index is 6.08. The van der Waals surface area contributed by atoms with Crippen molar-refractivity contribution in [2.24, 2.45) is 5.92 Å². The van der Waals surface area contributed by atoms with E-state index in [1.54, 1.807) is 0 Å². The lowest BCUT2D eigenvalue weighted by Gasteiger charge is -2.23. The van der Waals surface area contributed by atoms with E-state index >= 15 is 0 Å². The SMILES string of the molecule is c1ccc(-c2ccncc2)c(OCC2CCNCC2)c1. The summed E-state index contributed by atoms with van der Waals surface area (Å²) < 4.78 is 6.08. The Hall–Kier alpha value is -1.87. The molecule has 0 aliphatic carbocycles. The second kappa shape index (κ2) is 6.53. The Kier molecular flexibility index (Phi) is 4.28. The number of benzene rings is 1. The van der Waals surface area contributed by atoms with Crippen molar-refractivity contribution in [3.8, 4) is 16.9 Å². The van der Waals surface area contributed by atoms with Crippen LogP contribution in [-0.2, 0) is 0 Å². The van der Waals surface area contributed by atoms with Crippen LogP contribution in [0.2, 0.25) is 0 Å². The fourth-order valence-electron chi connectivity index (χ4n) is 2.62. The van der Waals surface area contributed by atoms with Gasteiger partial charge >= 0.3 is 0 Å². The van der Waals surface area contributed by atoms with Crippen LogP contribution in [-0.4, -0.2) is 24.7 Å². The standard InChI is InChI=1S/C17H20N2O/c1-2-4-17(20-13-14-5-9-18-10-6-14)16(3-1)15-7-11-19-12-8-15/h1-4,7-8,11-12,14,18H,5-6,9-10,13H2. The van der Waals surface area contributed by atoms with E-state index in [0.29, 0.717) is 5.92 Å². The van der Waals surface area contributed by atoms with Gasteiger partial charge in [-0.3, -0.25) is 4.98 Å². The van der Waals surface area contributed by atoms with Crippen molar-refractivity contribution in [2.45, 2.75) is 12.8 Å². The molecule has 1 fully saturated rings. The lowest BCUT2D eigenvalue weighted by molar-refractivity contribution is 0.216. The third-order valence-corrected chi connectivity index (χ3v) is 3.81. The molecule has 104 valence electrons. The maximum Gasteiger partial charge on any atom is 0.127 e. The molecule has 0 saturated carbocycles. The van der Waals surface area contributed by atoms with Gasteiger partial charge in [-0.15, -0.1) is 0 Å². The first-order valence-corrected chi connectivity index (χ1v) is 7.26. The molecule has 1 saturated heterocycles. The van der Waals surface area contributed by atoms with Gasteiger partial charge in [0.1, 0.15) is 5.75 Å². The summed E-state index contributed by atoms with van der Waals surface area (Å²) in [6.07, 6.45) is 6.05. The third-order valence-electron chi connectivity index (χ3n) is 3.81. The Balaban J connectivity index is 1.73. The summed E-state index contributed by atoms with van der Waals surface area (Å²) in [7, 11) is 0. The summed E-state index contributed by atoms with van der Waals surface area (Å²) in [5, 5.41) is 3.39. The molecule has 0 bridgehead atoms. The summed E-state index contributed by atoms with van der Waals surface area (Å²) in [5.74, 6) is 1.64. The molecule has 0 atom stereocenters. The number of nitrogens with one attached hydrogen (secondary N) is 1. The first-order chi connectivity index (χ1) is 9.93. The number of ether oxygens (including phenoxy) is 1. The number of hydrogen-bond acceptors (Lipinski definition) is 3. The number of aromatic nitrogens is 1. The predicted molar refractivity (Wildman–Crippen MR) is 80.8 cm³/mol. The fourth-order valence-corrected chi connectivity index (χ4v) is 2.62. The fraction of sp³-hybridized carbons (Fsp3) is 0.353. The smallest absolute Gasteiger partial charge is 0.127 e. The average Bonchev–Trinajstić information content (AvgIpc) is 2.55. The Morgan fingerprint density at radius 1 is 1.05 bits per heavy atom. The zero-order valence-corrected chi connectivity index (χ0v) is 11.6. The van der Waals surface area contributed by atoms with E-state index in [-0.39, 0.29) is 0 Å². The van der Waals surface area contributed by atoms with E-state index in [0.717, 1.165) is 36.6 Å². The molecule has 0 unspecified atom stereocenters. The Bertz CT molecular complexity index is 536. The number of hydrogen-bond donors (Lipinski definition) is 1. The lowest BCUT2D eigenvalue weighted by atomic mass is 9.99. The highest BCUT2D eigenvalue weighted by Gasteiger charge is 2.14. The van der Waals surface area contributed by atoms with Crippen molar-refractivity contribution in [2.75, 3.05) is 19.7 Å². The summed E-state index contributed by atoms with van der Waals surface area (Å²) in [6, 6.07) is 12.3. The molecule has 2 aromatic rings. The number of piperidine rings is 1. The minimum atomic E-state index is 0.668. The Morgan fingerprint density at radius 2 is 1.80 bits per heavy atom. The molecule has 1 aliphatic heterocycles. The monoisotopic (exact) mass is 268 g/mol. The predicted octanol–water partition coefficient (Wildman–Crippen LogP) is 3.13. The largest absolute Gasteiger partial charge is 0.493 e. The van der Waals surface area contributed by atoms with E-state index in [2.05, 4.69) is 22.4 Å². The Labute approximate surface area is 120 Å². The van der Waals surface area contributed by atoms with Gasteiger partial charge in [0.05, 0.1) is 6.61 Å². The molecular formula is C17H20N2O. The molecule has 0 spiro atoms. The second-order valence-corrected chi connectivity index (χ2v) is 5.24. The van der Waals surface area contributed by atoms with Crippen molar-refractivity contribution in [3.63, 3.8) is 0 Å². The summed E-state index contributed by atoms with van der Waals surface area (Å²) in [5.41, 5.74) is 2.30. The molecule has 1 N–H and O–H groups in total. The van der Waals surface area contributed by atoms with Gasteiger partial charge in [0, 0.05) is 18.0 Å². The highest BCUT2D eigenvalue weighted by Crippen LogP contribution is 2.30. The summed E-state index contributed by atoms with van der Waals surface area (Å²) >= 11 is 0. The molecule has 0 radical (unpaired) electrons. The van der Waals surface area contributed by atoms with Gasteiger partial charge in [0.25, 0.3) is 0 Å².